The number of rotatable bonds is 14. The molecule has 5 heteroatoms. The van der Waals surface area contributed by atoms with E-state index in [2.05, 4.69) is 6.07 Å². The molecule has 0 aliphatic carbocycles. The third-order valence-corrected chi connectivity index (χ3v) is 5.29. The van der Waals surface area contributed by atoms with Gasteiger partial charge in [-0.05, 0) is 26.7 Å². The van der Waals surface area contributed by atoms with E-state index in [1.807, 2.05) is 13.8 Å². The number of nitriles is 1. The maximum Gasteiger partial charge on any atom is 0.330 e. The van der Waals surface area contributed by atoms with Crippen LogP contribution in [0.25, 0.3) is 0 Å². The van der Waals surface area contributed by atoms with Crippen molar-refractivity contribution in [1.29, 1.82) is 5.26 Å². The molecule has 0 N–H and O–H groups in total. The molecule has 0 saturated heterocycles. The molecule has 0 aromatic carbocycles. The molecule has 0 aliphatic heterocycles. The van der Waals surface area contributed by atoms with Gasteiger partial charge in [-0.3, -0.25) is 4.57 Å². The third-order valence-electron chi connectivity index (χ3n) is 3.12. The lowest BCUT2D eigenvalue weighted by Gasteiger charge is -2.16. The van der Waals surface area contributed by atoms with Crippen molar-refractivity contribution in [3.8, 4) is 6.07 Å². The van der Waals surface area contributed by atoms with E-state index in [1.165, 1.54) is 25.7 Å². The first kappa shape index (κ1) is 19.6. The summed E-state index contributed by atoms with van der Waals surface area (Å²) < 4.78 is 22.7. The maximum atomic E-state index is 12.2. The van der Waals surface area contributed by atoms with Crippen molar-refractivity contribution >= 4 is 7.60 Å². The van der Waals surface area contributed by atoms with Crippen molar-refractivity contribution in [2.75, 3.05) is 19.4 Å². The lowest BCUT2D eigenvalue weighted by molar-refractivity contribution is 0.219. The molecule has 0 amide bonds. The normalized spacial score (nSPS) is 11.4. The predicted molar refractivity (Wildman–Crippen MR) is 82.9 cm³/mol. The fraction of sp³-hybridized carbons (Fsp3) is 0.933. The van der Waals surface area contributed by atoms with Crippen LogP contribution < -0.4 is 0 Å². The summed E-state index contributed by atoms with van der Waals surface area (Å²) >= 11 is 0. The second-order valence-corrected chi connectivity index (χ2v) is 7.09. The topological polar surface area (TPSA) is 59.3 Å². The van der Waals surface area contributed by atoms with Crippen molar-refractivity contribution in [2.45, 2.75) is 71.6 Å². The third kappa shape index (κ3) is 11.5. The summed E-state index contributed by atoms with van der Waals surface area (Å²) in [4.78, 5) is 0. The van der Waals surface area contributed by atoms with E-state index in [-0.39, 0.29) is 0 Å². The van der Waals surface area contributed by atoms with Crippen molar-refractivity contribution in [3.63, 3.8) is 0 Å². The standard InChI is InChI=1S/C15H30NO3P/c1-3-18-20(17,19-4-2)15-13-11-9-7-5-6-8-10-12-14-16/h3-13,15H2,1-2H3. The molecule has 0 aromatic heterocycles. The van der Waals surface area contributed by atoms with E-state index in [9.17, 15) is 4.57 Å². The summed E-state index contributed by atoms with van der Waals surface area (Å²) in [5.74, 6) is 0. The summed E-state index contributed by atoms with van der Waals surface area (Å²) in [7, 11) is -2.82. The molecule has 0 spiro atoms. The van der Waals surface area contributed by atoms with Crippen LogP contribution in [0.3, 0.4) is 0 Å². The quantitative estimate of drug-likeness (QED) is 0.323. The number of hydrogen-bond donors (Lipinski definition) is 0. The Morgan fingerprint density at radius 1 is 0.850 bits per heavy atom. The smallest absolute Gasteiger partial charge is 0.309 e. The Hall–Kier alpha value is -0.360. The molecule has 0 saturated carbocycles. The maximum absolute atomic E-state index is 12.2. The van der Waals surface area contributed by atoms with Gasteiger partial charge in [0.25, 0.3) is 0 Å². The largest absolute Gasteiger partial charge is 0.330 e. The Bertz CT molecular complexity index is 292. The average molecular weight is 303 g/mol. The van der Waals surface area contributed by atoms with Crippen LogP contribution in [-0.2, 0) is 13.6 Å². The summed E-state index contributed by atoms with van der Waals surface area (Å²) in [5.41, 5.74) is 0. The van der Waals surface area contributed by atoms with Gasteiger partial charge >= 0.3 is 7.60 Å². The Kier molecular flexibility index (Phi) is 13.4. The fourth-order valence-corrected chi connectivity index (χ4v) is 3.86. The van der Waals surface area contributed by atoms with Gasteiger partial charge in [0, 0.05) is 6.42 Å². The molecular formula is C15H30NO3P. The minimum absolute atomic E-state index is 0.444. The predicted octanol–water partition coefficient (Wildman–Crippen LogP) is 5.29. The number of hydrogen-bond acceptors (Lipinski definition) is 4. The van der Waals surface area contributed by atoms with E-state index < -0.39 is 7.60 Å². The molecule has 0 bridgehead atoms. The zero-order valence-electron chi connectivity index (χ0n) is 13.1. The van der Waals surface area contributed by atoms with E-state index >= 15 is 0 Å². The van der Waals surface area contributed by atoms with Crippen LogP contribution in [0.1, 0.15) is 71.6 Å². The first-order valence-electron chi connectivity index (χ1n) is 7.93. The van der Waals surface area contributed by atoms with Gasteiger partial charge < -0.3 is 9.05 Å². The summed E-state index contributed by atoms with van der Waals surface area (Å²) in [6.45, 7) is 4.58. The molecule has 0 atom stereocenters. The van der Waals surface area contributed by atoms with Crippen LogP contribution in [0.5, 0.6) is 0 Å². The van der Waals surface area contributed by atoms with E-state index in [0.717, 1.165) is 25.7 Å². The average Bonchev–Trinajstić information content (AvgIpc) is 2.41. The van der Waals surface area contributed by atoms with Crippen molar-refractivity contribution in [3.05, 3.63) is 0 Å². The zero-order chi connectivity index (χ0) is 15.1. The molecular weight excluding hydrogens is 273 g/mol. The van der Waals surface area contributed by atoms with Crippen LogP contribution in [0, 0.1) is 11.3 Å². The highest BCUT2D eigenvalue weighted by molar-refractivity contribution is 7.53. The molecule has 20 heavy (non-hydrogen) atoms. The lowest BCUT2D eigenvalue weighted by Crippen LogP contribution is -2.00. The van der Waals surface area contributed by atoms with Gasteiger partial charge in [0.1, 0.15) is 0 Å². The second kappa shape index (κ2) is 13.6. The second-order valence-electron chi connectivity index (χ2n) is 4.91. The molecule has 0 heterocycles. The fourth-order valence-electron chi connectivity index (χ4n) is 2.13. The first-order valence-corrected chi connectivity index (χ1v) is 9.66. The Morgan fingerprint density at radius 2 is 1.30 bits per heavy atom. The SMILES string of the molecule is CCOP(=O)(CCCCCCCCCCC#N)OCC. The van der Waals surface area contributed by atoms with Crippen molar-refractivity contribution < 1.29 is 13.6 Å². The van der Waals surface area contributed by atoms with Crippen LogP contribution in [0.15, 0.2) is 0 Å². The zero-order valence-corrected chi connectivity index (χ0v) is 14.0. The van der Waals surface area contributed by atoms with Gasteiger partial charge in [-0.1, -0.05) is 38.5 Å². The summed E-state index contributed by atoms with van der Waals surface area (Å²) in [6, 6.07) is 2.17. The molecule has 0 unspecified atom stereocenters. The highest BCUT2D eigenvalue weighted by atomic mass is 31.2. The Morgan fingerprint density at radius 3 is 1.75 bits per heavy atom. The van der Waals surface area contributed by atoms with E-state index in [1.54, 1.807) is 0 Å². The summed E-state index contributed by atoms with van der Waals surface area (Å²) in [6.07, 6.45) is 10.3. The van der Waals surface area contributed by atoms with Gasteiger partial charge in [-0.15, -0.1) is 0 Å². The molecule has 0 rings (SSSR count). The molecule has 0 radical (unpaired) electrons. The Balaban J connectivity index is 3.46. The number of unbranched alkanes of at least 4 members (excludes halogenated alkanes) is 8. The van der Waals surface area contributed by atoms with Crippen LogP contribution in [0.2, 0.25) is 0 Å². The monoisotopic (exact) mass is 303 g/mol. The highest BCUT2D eigenvalue weighted by Gasteiger charge is 2.22. The van der Waals surface area contributed by atoms with Gasteiger partial charge in [-0.25, -0.2) is 0 Å². The Labute approximate surface area is 124 Å². The van der Waals surface area contributed by atoms with Crippen LogP contribution in [0.4, 0.5) is 0 Å². The number of nitrogens with zero attached hydrogens (tertiary/aromatic N) is 1. The van der Waals surface area contributed by atoms with E-state index in [0.29, 0.717) is 25.8 Å². The molecule has 0 aliphatic rings. The van der Waals surface area contributed by atoms with Crippen LogP contribution in [-0.4, -0.2) is 19.4 Å². The van der Waals surface area contributed by atoms with Gasteiger partial charge in [-0.2, -0.15) is 5.26 Å². The molecule has 0 fully saturated rings. The van der Waals surface area contributed by atoms with Gasteiger partial charge in [0.05, 0.1) is 25.4 Å². The van der Waals surface area contributed by atoms with Crippen LogP contribution >= 0.6 is 7.60 Å². The van der Waals surface area contributed by atoms with Crippen molar-refractivity contribution in [1.82, 2.24) is 0 Å². The van der Waals surface area contributed by atoms with Gasteiger partial charge in [0.15, 0.2) is 0 Å². The molecule has 0 aromatic rings. The van der Waals surface area contributed by atoms with Crippen molar-refractivity contribution in [2.24, 2.45) is 0 Å². The summed E-state index contributed by atoms with van der Waals surface area (Å²) in [5, 5.41) is 8.41. The lowest BCUT2D eigenvalue weighted by atomic mass is 10.1. The van der Waals surface area contributed by atoms with E-state index in [4.69, 9.17) is 14.3 Å². The molecule has 4 nitrogen and oxygen atoms in total. The first-order chi connectivity index (χ1) is 9.68. The minimum atomic E-state index is -2.82. The highest BCUT2D eigenvalue weighted by Crippen LogP contribution is 2.48. The molecule has 118 valence electrons. The van der Waals surface area contributed by atoms with Gasteiger partial charge in [0.2, 0.25) is 0 Å². The minimum Gasteiger partial charge on any atom is -0.309 e.